The van der Waals surface area contributed by atoms with Crippen LogP contribution in [0.3, 0.4) is 0 Å². The average molecular weight is 284 g/mol. The van der Waals surface area contributed by atoms with Crippen LogP contribution in [0.15, 0.2) is 24.4 Å². The van der Waals surface area contributed by atoms with Crippen LogP contribution >= 0.6 is 0 Å². The quantitative estimate of drug-likeness (QED) is 0.939. The van der Waals surface area contributed by atoms with Crippen molar-refractivity contribution in [3.8, 4) is 0 Å². The largest absolute Gasteiger partial charge is 0.378 e. The lowest BCUT2D eigenvalue weighted by Gasteiger charge is -2.26. The number of rotatable bonds is 3. The fourth-order valence-electron chi connectivity index (χ4n) is 3.24. The maximum Gasteiger partial charge on any atom is 0.0547 e. The Labute approximate surface area is 126 Å². The molecular weight excluding hydrogens is 260 g/mol. The van der Waals surface area contributed by atoms with Crippen molar-refractivity contribution in [1.82, 2.24) is 9.78 Å². The Morgan fingerprint density at radius 1 is 1.33 bits per heavy atom. The molecule has 21 heavy (non-hydrogen) atoms. The smallest absolute Gasteiger partial charge is 0.0547 e. The summed E-state index contributed by atoms with van der Waals surface area (Å²) in [6.07, 6.45) is 5.55. The molecule has 1 unspecified atom stereocenters. The van der Waals surface area contributed by atoms with Crippen LogP contribution in [0.2, 0.25) is 0 Å². The number of anilines is 2. The van der Waals surface area contributed by atoms with E-state index in [1.165, 1.54) is 41.0 Å². The van der Waals surface area contributed by atoms with Gasteiger partial charge in [0, 0.05) is 43.8 Å². The van der Waals surface area contributed by atoms with Crippen LogP contribution in [0.5, 0.6) is 0 Å². The van der Waals surface area contributed by atoms with E-state index in [0.717, 1.165) is 6.42 Å². The number of aryl methyl sites for hydroxylation is 2. The van der Waals surface area contributed by atoms with E-state index in [2.05, 4.69) is 54.5 Å². The molecule has 1 aliphatic rings. The number of hydrogen-bond donors (Lipinski definition) is 1. The molecule has 3 rings (SSSR count). The third kappa shape index (κ3) is 2.62. The molecule has 0 saturated carbocycles. The zero-order valence-corrected chi connectivity index (χ0v) is 13.3. The van der Waals surface area contributed by atoms with Gasteiger partial charge in [0.2, 0.25) is 0 Å². The maximum absolute atomic E-state index is 4.42. The molecule has 1 aliphatic carbocycles. The second-order valence-corrected chi connectivity index (χ2v) is 6.16. The summed E-state index contributed by atoms with van der Waals surface area (Å²) in [5.74, 6) is 0. The summed E-state index contributed by atoms with van der Waals surface area (Å²) < 4.78 is 2.02. The van der Waals surface area contributed by atoms with Gasteiger partial charge in [0.05, 0.1) is 12.2 Å². The van der Waals surface area contributed by atoms with E-state index in [1.54, 1.807) is 0 Å². The van der Waals surface area contributed by atoms with Crippen molar-refractivity contribution in [3.05, 3.63) is 41.2 Å². The van der Waals surface area contributed by atoms with E-state index in [9.17, 15) is 0 Å². The number of nitrogens with one attached hydrogen (secondary N) is 1. The Kier molecular flexibility index (Phi) is 3.62. The van der Waals surface area contributed by atoms with Crippen molar-refractivity contribution in [2.45, 2.75) is 32.2 Å². The first-order chi connectivity index (χ1) is 10.1. The topological polar surface area (TPSA) is 33.1 Å². The fourth-order valence-corrected chi connectivity index (χ4v) is 3.24. The fraction of sp³-hybridized carbons (Fsp3) is 0.471. The van der Waals surface area contributed by atoms with E-state index < -0.39 is 0 Å². The zero-order chi connectivity index (χ0) is 15.0. The Bertz CT molecular complexity index is 642. The molecule has 0 bridgehead atoms. The van der Waals surface area contributed by atoms with Gasteiger partial charge in [-0.15, -0.1) is 0 Å². The van der Waals surface area contributed by atoms with Crippen molar-refractivity contribution in [2.24, 2.45) is 7.05 Å². The molecule has 112 valence electrons. The third-order valence-corrected chi connectivity index (χ3v) is 4.41. The highest BCUT2D eigenvalue weighted by molar-refractivity contribution is 5.62. The zero-order valence-electron chi connectivity index (χ0n) is 13.3. The molecule has 1 heterocycles. The van der Waals surface area contributed by atoms with Crippen molar-refractivity contribution >= 4 is 11.4 Å². The average Bonchev–Trinajstić information content (AvgIpc) is 2.84. The molecule has 0 amide bonds. The van der Waals surface area contributed by atoms with Gasteiger partial charge in [0.15, 0.2) is 0 Å². The lowest BCUT2D eigenvalue weighted by Crippen LogP contribution is -2.18. The van der Waals surface area contributed by atoms with E-state index >= 15 is 0 Å². The molecule has 2 aromatic rings. The second-order valence-electron chi connectivity index (χ2n) is 6.16. The first kappa shape index (κ1) is 14.0. The second kappa shape index (κ2) is 5.43. The first-order valence-electron chi connectivity index (χ1n) is 7.61. The Balaban J connectivity index is 1.86. The summed E-state index contributed by atoms with van der Waals surface area (Å²) in [4.78, 5) is 2.16. The number of aromatic nitrogens is 2. The van der Waals surface area contributed by atoms with Crippen molar-refractivity contribution in [1.29, 1.82) is 0 Å². The molecule has 0 fully saturated rings. The van der Waals surface area contributed by atoms with Gasteiger partial charge in [-0.25, -0.2) is 0 Å². The van der Waals surface area contributed by atoms with E-state index in [0.29, 0.717) is 6.04 Å². The molecule has 0 aliphatic heterocycles. The van der Waals surface area contributed by atoms with Crippen LogP contribution < -0.4 is 10.2 Å². The number of fused-ring (bicyclic) bond motifs is 1. The van der Waals surface area contributed by atoms with Crippen molar-refractivity contribution in [3.63, 3.8) is 0 Å². The number of nitrogens with zero attached hydrogens (tertiary/aromatic N) is 3. The normalized spacial score (nSPS) is 17.4. The minimum atomic E-state index is 0.375. The van der Waals surface area contributed by atoms with Gasteiger partial charge in [-0.1, -0.05) is 6.07 Å². The Morgan fingerprint density at radius 3 is 2.90 bits per heavy atom. The Morgan fingerprint density at radius 2 is 2.14 bits per heavy atom. The van der Waals surface area contributed by atoms with Crippen molar-refractivity contribution < 1.29 is 0 Å². The monoisotopic (exact) mass is 284 g/mol. The number of benzene rings is 1. The van der Waals surface area contributed by atoms with Crippen LogP contribution in [0, 0.1) is 6.92 Å². The maximum atomic E-state index is 4.42. The molecule has 1 aromatic heterocycles. The molecule has 0 radical (unpaired) electrons. The molecule has 0 saturated heterocycles. The predicted molar refractivity (Wildman–Crippen MR) is 88.0 cm³/mol. The van der Waals surface area contributed by atoms with Crippen LogP contribution in [0.4, 0.5) is 11.4 Å². The molecule has 0 spiro atoms. The molecule has 1 aromatic carbocycles. The van der Waals surface area contributed by atoms with Gasteiger partial charge in [0.25, 0.3) is 0 Å². The lowest BCUT2D eigenvalue weighted by atomic mass is 9.92. The van der Waals surface area contributed by atoms with Gasteiger partial charge in [-0.05, 0) is 43.9 Å². The van der Waals surface area contributed by atoms with Crippen LogP contribution in [-0.4, -0.2) is 23.9 Å². The van der Waals surface area contributed by atoms with Gasteiger partial charge in [0.1, 0.15) is 0 Å². The molecule has 1 atom stereocenters. The first-order valence-corrected chi connectivity index (χ1v) is 7.61. The van der Waals surface area contributed by atoms with Crippen LogP contribution in [0.1, 0.15) is 35.7 Å². The molecule has 4 heteroatoms. The molecule has 1 N–H and O–H groups in total. The Hall–Kier alpha value is -1.97. The minimum absolute atomic E-state index is 0.375. The summed E-state index contributed by atoms with van der Waals surface area (Å²) in [6, 6.07) is 6.97. The van der Waals surface area contributed by atoms with Crippen LogP contribution in [-0.2, 0) is 13.5 Å². The number of hydrogen-bond acceptors (Lipinski definition) is 3. The summed E-state index contributed by atoms with van der Waals surface area (Å²) in [5, 5.41) is 8.11. The third-order valence-electron chi connectivity index (χ3n) is 4.41. The highest BCUT2D eigenvalue weighted by Gasteiger charge is 2.23. The summed E-state index contributed by atoms with van der Waals surface area (Å²) in [6.45, 7) is 2.15. The summed E-state index contributed by atoms with van der Waals surface area (Å²) in [7, 11) is 6.22. The van der Waals surface area contributed by atoms with E-state index in [1.807, 2.05) is 17.9 Å². The summed E-state index contributed by atoms with van der Waals surface area (Å²) in [5.41, 5.74) is 6.49. The van der Waals surface area contributed by atoms with Gasteiger partial charge in [-0.2, -0.15) is 5.10 Å². The van der Waals surface area contributed by atoms with E-state index in [4.69, 9.17) is 0 Å². The lowest BCUT2D eigenvalue weighted by molar-refractivity contribution is 0.571. The predicted octanol–water partition coefficient (Wildman–Crippen LogP) is 3.28. The molecule has 4 nitrogen and oxygen atoms in total. The SMILES string of the molecule is Cc1ccc(NC2CCCc3c2cnn3C)cc1N(C)C. The van der Waals surface area contributed by atoms with Gasteiger partial charge < -0.3 is 10.2 Å². The van der Waals surface area contributed by atoms with Crippen molar-refractivity contribution in [2.75, 3.05) is 24.3 Å². The summed E-state index contributed by atoms with van der Waals surface area (Å²) >= 11 is 0. The van der Waals surface area contributed by atoms with E-state index in [-0.39, 0.29) is 0 Å². The minimum Gasteiger partial charge on any atom is -0.378 e. The van der Waals surface area contributed by atoms with Gasteiger partial charge in [-0.3, -0.25) is 4.68 Å². The van der Waals surface area contributed by atoms with Crippen LogP contribution in [0.25, 0.3) is 0 Å². The van der Waals surface area contributed by atoms with Gasteiger partial charge >= 0.3 is 0 Å². The highest BCUT2D eigenvalue weighted by Crippen LogP contribution is 2.33. The molecular formula is C17H24N4. The standard InChI is InChI=1S/C17H24N4/c1-12-8-9-13(10-17(12)20(2)3)19-15-6-5-7-16-14(15)11-18-21(16)4/h8-11,15,19H,5-7H2,1-4H3. The highest BCUT2D eigenvalue weighted by atomic mass is 15.3.